The monoisotopic (exact) mass is 292 g/mol. The molecule has 0 radical (unpaired) electrons. The van der Waals surface area contributed by atoms with E-state index in [1.807, 2.05) is 0 Å². The van der Waals surface area contributed by atoms with Gasteiger partial charge in [0.2, 0.25) is 0 Å². The van der Waals surface area contributed by atoms with Crippen molar-refractivity contribution in [1.29, 1.82) is 0 Å². The number of hydrogen-bond donors (Lipinski definition) is 5. The van der Waals surface area contributed by atoms with Crippen molar-refractivity contribution in [3.05, 3.63) is 11.9 Å². The van der Waals surface area contributed by atoms with Crippen LogP contribution in [0, 0.1) is 0 Å². The summed E-state index contributed by atoms with van der Waals surface area (Å²) in [4.78, 5) is 24.0. The molecule has 1 aromatic heterocycles. The first-order valence-electron chi connectivity index (χ1n) is 7.35. The summed E-state index contributed by atoms with van der Waals surface area (Å²) in [6.45, 7) is 1.81. The molecule has 1 aromatic rings. The lowest BCUT2D eigenvalue weighted by atomic mass is 10.1. The van der Waals surface area contributed by atoms with Gasteiger partial charge in [-0.15, -0.1) is 0 Å². The highest BCUT2D eigenvalue weighted by Crippen LogP contribution is 2.19. The number of anilines is 1. The predicted molar refractivity (Wildman–Crippen MR) is 77.1 cm³/mol. The highest BCUT2D eigenvalue weighted by Gasteiger charge is 2.25. The number of amides is 3. The number of nitrogens with one attached hydrogen (secondary N) is 5. The van der Waals surface area contributed by atoms with Crippen molar-refractivity contribution in [2.75, 3.05) is 18.4 Å². The molecule has 1 saturated carbocycles. The molecule has 1 saturated heterocycles. The molecule has 114 valence electrons. The van der Waals surface area contributed by atoms with Crippen molar-refractivity contribution in [1.82, 2.24) is 26.1 Å². The van der Waals surface area contributed by atoms with E-state index in [9.17, 15) is 9.59 Å². The summed E-state index contributed by atoms with van der Waals surface area (Å²) in [7, 11) is 0. The first-order chi connectivity index (χ1) is 10.2. The van der Waals surface area contributed by atoms with Crippen LogP contribution < -0.4 is 21.3 Å². The first kappa shape index (κ1) is 13.9. The molecule has 0 bridgehead atoms. The average molecular weight is 292 g/mol. The molecule has 1 aliphatic carbocycles. The number of H-pyrrole nitrogens is 1. The topological polar surface area (TPSA) is 111 Å². The Morgan fingerprint density at radius 3 is 2.52 bits per heavy atom. The normalized spacial score (nSPS) is 19.0. The second-order valence-electron chi connectivity index (χ2n) is 5.53. The maximum Gasteiger partial charge on any atom is 0.319 e. The fraction of sp³-hybridized carbons (Fsp3) is 0.615. The molecule has 0 atom stereocenters. The Bertz CT molecular complexity index is 518. The van der Waals surface area contributed by atoms with Gasteiger partial charge in [-0.05, 0) is 38.8 Å². The van der Waals surface area contributed by atoms with Crippen molar-refractivity contribution in [2.45, 2.75) is 37.8 Å². The van der Waals surface area contributed by atoms with Crippen LogP contribution in [-0.4, -0.2) is 47.3 Å². The van der Waals surface area contributed by atoms with Crippen molar-refractivity contribution >= 4 is 17.6 Å². The molecular weight excluding hydrogens is 272 g/mol. The summed E-state index contributed by atoms with van der Waals surface area (Å²) >= 11 is 0. The number of carbonyl (C=O) groups is 2. The SMILES string of the molecule is O=C(Nc1cn[nH]c1C(=O)NC1CCNCC1)NC1CC1. The van der Waals surface area contributed by atoms with Gasteiger partial charge < -0.3 is 21.3 Å². The van der Waals surface area contributed by atoms with Crippen LogP contribution in [0.25, 0.3) is 0 Å². The molecule has 2 heterocycles. The van der Waals surface area contributed by atoms with E-state index in [0.29, 0.717) is 11.4 Å². The van der Waals surface area contributed by atoms with Crippen molar-refractivity contribution in [2.24, 2.45) is 0 Å². The van der Waals surface area contributed by atoms with Crippen LogP contribution in [0.1, 0.15) is 36.2 Å². The van der Waals surface area contributed by atoms with E-state index in [4.69, 9.17) is 0 Å². The minimum atomic E-state index is -0.296. The Kier molecular flexibility index (Phi) is 4.05. The highest BCUT2D eigenvalue weighted by molar-refractivity contribution is 6.01. The van der Waals surface area contributed by atoms with Gasteiger partial charge in [-0.1, -0.05) is 0 Å². The van der Waals surface area contributed by atoms with Gasteiger partial charge in [0.25, 0.3) is 5.91 Å². The average Bonchev–Trinajstić information content (AvgIpc) is 3.15. The van der Waals surface area contributed by atoms with Crippen molar-refractivity contribution < 1.29 is 9.59 Å². The van der Waals surface area contributed by atoms with Gasteiger partial charge >= 0.3 is 6.03 Å². The number of piperidine rings is 1. The fourth-order valence-corrected chi connectivity index (χ4v) is 2.35. The number of aromatic nitrogens is 2. The highest BCUT2D eigenvalue weighted by atomic mass is 16.2. The minimum absolute atomic E-state index is 0.162. The zero-order valence-corrected chi connectivity index (χ0v) is 11.7. The predicted octanol–water partition coefficient (Wildman–Crippen LogP) is 0.175. The van der Waals surface area contributed by atoms with Crippen LogP contribution >= 0.6 is 0 Å². The van der Waals surface area contributed by atoms with E-state index in [-0.39, 0.29) is 24.0 Å². The summed E-state index contributed by atoms with van der Waals surface area (Å²) in [5, 5.41) is 18.2. The van der Waals surface area contributed by atoms with Gasteiger partial charge in [-0.3, -0.25) is 9.89 Å². The third-order valence-electron chi connectivity index (χ3n) is 3.70. The molecule has 0 aromatic carbocycles. The van der Waals surface area contributed by atoms with Crippen molar-refractivity contribution in [3.63, 3.8) is 0 Å². The van der Waals surface area contributed by atoms with Crippen LogP contribution in [0.2, 0.25) is 0 Å². The molecule has 3 amide bonds. The lowest BCUT2D eigenvalue weighted by molar-refractivity contribution is 0.0925. The Labute approximate surface area is 122 Å². The number of urea groups is 1. The summed E-state index contributed by atoms with van der Waals surface area (Å²) in [5.41, 5.74) is 0.694. The van der Waals surface area contributed by atoms with Gasteiger partial charge in [0.1, 0.15) is 5.69 Å². The Morgan fingerprint density at radius 1 is 1.10 bits per heavy atom. The zero-order valence-electron chi connectivity index (χ0n) is 11.7. The van der Waals surface area contributed by atoms with Gasteiger partial charge in [0, 0.05) is 12.1 Å². The molecule has 8 heteroatoms. The lowest BCUT2D eigenvalue weighted by Gasteiger charge is -2.23. The standard InChI is InChI=1S/C13H20N6O2/c20-12(16-9-3-5-14-6-4-9)11-10(7-15-19-11)18-13(21)17-8-1-2-8/h7-9,14H,1-6H2,(H,15,19)(H,16,20)(H2,17,18,21). The molecule has 0 unspecified atom stereocenters. The van der Waals surface area contributed by atoms with E-state index in [1.165, 1.54) is 6.20 Å². The maximum absolute atomic E-state index is 12.2. The Hall–Kier alpha value is -2.09. The number of rotatable bonds is 4. The third-order valence-corrected chi connectivity index (χ3v) is 3.70. The van der Waals surface area contributed by atoms with Gasteiger partial charge in [-0.25, -0.2) is 4.79 Å². The number of aromatic amines is 1. The minimum Gasteiger partial charge on any atom is -0.348 e. The molecule has 0 spiro atoms. The fourth-order valence-electron chi connectivity index (χ4n) is 2.35. The molecule has 5 N–H and O–H groups in total. The molecule has 1 aliphatic heterocycles. The van der Waals surface area contributed by atoms with Gasteiger partial charge in [-0.2, -0.15) is 5.10 Å². The second-order valence-corrected chi connectivity index (χ2v) is 5.53. The number of carbonyl (C=O) groups excluding carboxylic acids is 2. The van der Waals surface area contributed by atoms with Crippen LogP contribution in [0.3, 0.4) is 0 Å². The largest absolute Gasteiger partial charge is 0.348 e. The summed E-state index contributed by atoms with van der Waals surface area (Å²) < 4.78 is 0. The first-order valence-corrected chi connectivity index (χ1v) is 7.35. The summed E-state index contributed by atoms with van der Waals surface area (Å²) in [6.07, 6.45) is 5.29. The van der Waals surface area contributed by atoms with Crippen LogP contribution in [0.4, 0.5) is 10.5 Å². The lowest BCUT2D eigenvalue weighted by Crippen LogP contribution is -2.43. The second kappa shape index (κ2) is 6.13. The Morgan fingerprint density at radius 2 is 1.81 bits per heavy atom. The zero-order chi connectivity index (χ0) is 14.7. The van der Waals surface area contributed by atoms with E-state index in [1.54, 1.807) is 0 Å². The molecule has 2 fully saturated rings. The quantitative estimate of drug-likeness (QED) is 0.545. The van der Waals surface area contributed by atoms with Crippen LogP contribution in [0.5, 0.6) is 0 Å². The van der Waals surface area contributed by atoms with Crippen LogP contribution in [0.15, 0.2) is 6.20 Å². The number of nitrogens with zero attached hydrogens (tertiary/aromatic N) is 1. The van der Waals surface area contributed by atoms with E-state index in [2.05, 4.69) is 31.5 Å². The van der Waals surface area contributed by atoms with Crippen molar-refractivity contribution in [3.8, 4) is 0 Å². The van der Waals surface area contributed by atoms with Gasteiger partial charge in [0.15, 0.2) is 0 Å². The van der Waals surface area contributed by atoms with E-state index < -0.39 is 0 Å². The molecule has 8 nitrogen and oxygen atoms in total. The molecule has 3 rings (SSSR count). The van der Waals surface area contributed by atoms with Crippen LogP contribution in [-0.2, 0) is 0 Å². The molecule has 2 aliphatic rings. The number of hydrogen-bond acceptors (Lipinski definition) is 4. The smallest absolute Gasteiger partial charge is 0.319 e. The van der Waals surface area contributed by atoms with Gasteiger partial charge in [0.05, 0.1) is 11.9 Å². The third kappa shape index (κ3) is 3.72. The molecule has 21 heavy (non-hydrogen) atoms. The van der Waals surface area contributed by atoms with E-state index in [0.717, 1.165) is 38.8 Å². The van der Waals surface area contributed by atoms with E-state index >= 15 is 0 Å². The molecular formula is C13H20N6O2. The Balaban J connectivity index is 1.57. The maximum atomic E-state index is 12.2. The summed E-state index contributed by atoms with van der Waals surface area (Å²) in [6, 6.07) is 0.133. The summed E-state index contributed by atoms with van der Waals surface area (Å²) in [5.74, 6) is -0.235.